The normalized spacial score (nSPS) is 13.2. The smallest absolute Gasteiger partial charge is 0.272 e. The predicted octanol–water partition coefficient (Wildman–Crippen LogP) is 2.06. The number of hydrogen-bond acceptors (Lipinski definition) is 7. The monoisotopic (exact) mass is 399 g/mol. The number of nitrogens with one attached hydrogen (secondary N) is 1. The number of anilines is 1. The van der Waals surface area contributed by atoms with Gasteiger partial charge in [0.25, 0.3) is 5.91 Å². The molecule has 29 heavy (non-hydrogen) atoms. The third-order valence-electron chi connectivity index (χ3n) is 4.98. The maximum Gasteiger partial charge on any atom is 0.272 e. The second-order valence-corrected chi connectivity index (χ2v) is 7.32. The van der Waals surface area contributed by atoms with E-state index in [1.165, 1.54) is 11.9 Å². The molecule has 3 rings (SSSR count). The van der Waals surface area contributed by atoms with Crippen LogP contribution in [0.1, 0.15) is 28.0 Å². The Morgan fingerprint density at radius 1 is 1.14 bits per heavy atom. The zero-order valence-corrected chi connectivity index (χ0v) is 17.6. The van der Waals surface area contributed by atoms with Crippen molar-refractivity contribution >= 4 is 11.7 Å². The van der Waals surface area contributed by atoms with Crippen LogP contribution in [0.4, 0.5) is 5.82 Å². The summed E-state index contributed by atoms with van der Waals surface area (Å²) in [5, 5.41) is 3.26. The summed E-state index contributed by atoms with van der Waals surface area (Å²) in [6.07, 6.45) is 3.20. The first-order valence-corrected chi connectivity index (χ1v) is 9.75. The summed E-state index contributed by atoms with van der Waals surface area (Å²) in [6.45, 7) is 2.94. The lowest BCUT2D eigenvalue weighted by atomic mass is 9.98. The SMILES string of the molecule is COc1cc2c(cc1OC)CN(C(=O)c1cc(NCCCN(C)C)ncn1)CC2. The molecule has 0 aliphatic carbocycles. The van der Waals surface area contributed by atoms with Crippen LogP contribution in [0.5, 0.6) is 11.5 Å². The van der Waals surface area contributed by atoms with Crippen molar-refractivity contribution in [2.24, 2.45) is 0 Å². The molecule has 0 atom stereocenters. The molecule has 1 aliphatic heterocycles. The lowest BCUT2D eigenvalue weighted by Crippen LogP contribution is -2.36. The van der Waals surface area contributed by atoms with Crippen LogP contribution in [-0.4, -0.2) is 73.6 Å². The average molecular weight is 399 g/mol. The fraction of sp³-hybridized carbons (Fsp3) is 0.476. The van der Waals surface area contributed by atoms with E-state index in [2.05, 4.69) is 20.2 Å². The lowest BCUT2D eigenvalue weighted by molar-refractivity contribution is 0.0728. The van der Waals surface area contributed by atoms with Crippen molar-refractivity contribution in [1.82, 2.24) is 19.8 Å². The van der Waals surface area contributed by atoms with Gasteiger partial charge < -0.3 is 24.6 Å². The molecule has 0 radical (unpaired) electrons. The van der Waals surface area contributed by atoms with Crippen molar-refractivity contribution in [2.45, 2.75) is 19.4 Å². The van der Waals surface area contributed by atoms with Gasteiger partial charge in [-0.2, -0.15) is 0 Å². The molecule has 0 saturated heterocycles. The van der Waals surface area contributed by atoms with Gasteiger partial charge in [-0.15, -0.1) is 0 Å². The molecule has 1 N–H and O–H groups in total. The molecular formula is C21H29N5O3. The van der Waals surface area contributed by atoms with Crippen LogP contribution in [0, 0.1) is 0 Å². The van der Waals surface area contributed by atoms with Crippen LogP contribution in [0.15, 0.2) is 24.5 Å². The fourth-order valence-corrected chi connectivity index (χ4v) is 3.40. The Balaban J connectivity index is 1.68. The molecule has 1 aromatic heterocycles. The number of ether oxygens (including phenoxy) is 2. The van der Waals surface area contributed by atoms with Crippen molar-refractivity contribution in [3.05, 3.63) is 41.3 Å². The predicted molar refractivity (Wildman–Crippen MR) is 112 cm³/mol. The number of fused-ring (bicyclic) bond motifs is 1. The van der Waals surface area contributed by atoms with E-state index in [4.69, 9.17) is 9.47 Å². The number of methoxy groups -OCH3 is 2. The summed E-state index contributed by atoms with van der Waals surface area (Å²) in [6, 6.07) is 5.67. The van der Waals surface area contributed by atoms with E-state index in [1.54, 1.807) is 20.3 Å². The number of benzene rings is 1. The molecule has 8 heteroatoms. The molecule has 1 aromatic carbocycles. The highest BCUT2D eigenvalue weighted by Crippen LogP contribution is 2.33. The van der Waals surface area contributed by atoms with Gasteiger partial charge >= 0.3 is 0 Å². The largest absolute Gasteiger partial charge is 0.493 e. The minimum atomic E-state index is -0.0934. The number of rotatable bonds is 8. The van der Waals surface area contributed by atoms with Crippen LogP contribution < -0.4 is 14.8 Å². The fourth-order valence-electron chi connectivity index (χ4n) is 3.40. The molecule has 0 fully saturated rings. The first-order valence-electron chi connectivity index (χ1n) is 9.75. The minimum Gasteiger partial charge on any atom is -0.493 e. The van der Waals surface area contributed by atoms with Gasteiger partial charge in [0.1, 0.15) is 17.8 Å². The van der Waals surface area contributed by atoms with Crippen LogP contribution >= 0.6 is 0 Å². The number of aromatic nitrogens is 2. The summed E-state index contributed by atoms with van der Waals surface area (Å²) >= 11 is 0. The van der Waals surface area contributed by atoms with Crippen LogP contribution in [0.25, 0.3) is 0 Å². The summed E-state index contributed by atoms with van der Waals surface area (Å²) in [7, 11) is 7.34. The van der Waals surface area contributed by atoms with Gasteiger partial charge in [-0.1, -0.05) is 0 Å². The van der Waals surface area contributed by atoms with E-state index in [0.29, 0.717) is 36.1 Å². The van der Waals surface area contributed by atoms with E-state index in [1.807, 2.05) is 31.1 Å². The summed E-state index contributed by atoms with van der Waals surface area (Å²) < 4.78 is 10.8. The zero-order chi connectivity index (χ0) is 20.8. The van der Waals surface area contributed by atoms with E-state index >= 15 is 0 Å². The first kappa shape index (κ1) is 20.9. The molecule has 0 bridgehead atoms. The topological polar surface area (TPSA) is 79.8 Å². The third kappa shape index (κ3) is 5.14. The summed E-state index contributed by atoms with van der Waals surface area (Å²) in [4.78, 5) is 25.4. The number of nitrogens with zero attached hydrogens (tertiary/aromatic N) is 4. The second kappa shape index (κ2) is 9.56. The van der Waals surface area contributed by atoms with Gasteiger partial charge in [-0.3, -0.25) is 4.79 Å². The second-order valence-electron chi connectivity index (χ2n) is 7.32. The first-order chi connectivity index (χ1) is 14.0. The summed E-state index contributed by atoms with van der Waals surface area (Å²) in [5.74, 6) is 1.97. The van der Waals surface area contributed by atoms with E-state index in [9.17, 15) is 4.79 Å². The Morgan fingerprint density at radius 3 is 2.55 bits per heavy atom. The Kier molecular flexibility index (Phi) is 6.87. The molecular weight excluding hydrogens is 370 g/mol. The molecule has 2 aromatic rings. The Morgan fingerprint density at radius 2 is 1.86 bits per heavy atom. The van der Waals surface area contributed by atoms with Gasteiger partial charge in [0.2, 0.25) is 0 Å². The van der Waals surface area contributed by atoms with E-state index < -0.39 is 0 Å². The lowest BCUT2D eigenvalue weighted by Gasteiger charge is -2.29. The van der Waals surface area contributed by atoms with Gasteiger partial charge in [0, 0.05) is 25.7 Å². The highest BCUT2D eigenvalue weighted by atomic mass is 16.5. The van der Waals surface area contributed by atoms with Gasteiger partial charge in [-0.05, 0) is 56.7 Å². The Labute approximate surface area is 171 Å². The highest BCUT2D eigenvalue weighted by molar-refractivity contribution is 5.93. The van der Waals surface area contributed by atoms with Crippen molar-refractivity contribution < 1.29 is 14.3 Å². The molecule has 0 unspecified atom stereocenters. The van der Waals surface area contributed by atoms with Crippen molar-refractivity contribution in [3.63, 3.8) is 0 Å². The van der Waals surface area contributed by atoms with Gasteiger partial charge in [0.15, 0.2) is 11.5 Å². The molecule has 2 heterocycles. The molecule has 156 valence electrons. The van der Waals surface area contributed by atoms with E-state index in [0.717, 1.165) is 31.5 Å². The number of hydrogen-bond donors (Lipinski definition) is 1. The molecule has 8 nitrogen and oxygen atoms in total. The maximum absolute atomic E-state index is 13.0. The standard InChI is InChI=1S/C21H29N5O3/c1-25(2)8-5-7-22-20-12-17(23-14-24-20)21(27)26-9-6-15-10-18(28-3)19(29-4)11-16(15)13-26/h10-12,14H,5-9,13H2,1-4H3,(H,22,23,24). The summed E-state index contributed by atoms with van der Waals surface area (Å²) in [5.41, 5.74) is 2.65. The maximum atomic E-state index is 13.0. The zero-order valence-electron chi connectivity index (χ0n) is 17.6. The van der Waals surface area contributed by atoms with Crippen molar-refractivity contribution in [1.29, 1.82) is 0 Å². The van der Waals surface area contributed by atoms with Crippen LogP contribution in [0.2, 0.25) is 0 Å². The molecule has 0 spiro atoms. The quantitative estimate of drug-likeness (QED) is 0.681. The van der Waals surface area contributed by atoms with Gasteiger partial charge in [0.05, 0.1) is 14.2 Å². The molecule has 1 amide bonds. The van der Waals surface area contributed by atoms with Crippen molar-refractivity contribution in [3.8, 4) is 11.5 Å². The number of amides is 1. The average Bonchev–Trinajstić information content (AvgIpc) is 2.74. The van der Waals surface area contributed by atoms with E-state index in [-0.39, 0.29) is 5.91 Å². The molecule has 1 aliphatic rings. The van der Waals surface area contributed by atoms with Gasteiger partial charge in [-0.25, -0.2) is 9.97 Å². The minimum absolute atomic E-state index is 0.0934. The van der Waals surface area contributed by atoms with Crippen molar-refractivity contribution in [2.75, 3.05) is 53.3 Å². The number of carbonyl (C=O) groups is 1. The Hall–Kier alpha value is -2.87. The molecule has 0 saturated carbocycles. The van der Waals surface area contributed by atoms with Crippen LogP contribution in [-0.2, 0) is 13.0 Å². The number of carbonyl (C=O) groups excluding carboxylic acids is 1. The highest BCUT2D eigenvalue weighted by Gasteiger charge is 2.24. The van der Waals surface area contributed by atoms with Crippen LogP contribution in [0.3, 0.4) is 0 Å². The Bertz CT molecular complexity index is 856. The third-order valence-corrected chi connectivity index (χ3v) is 4.98.